The van der Waals surface area contributed by atoms with E-state index in [0.717, 1.165) is 77.4 Å². The molecule has 35 heavy (non-hydrogen) atoms. The molecule has 6 atom stereocenters. The zero-order valence-electron chi connectivity index (χ0n) is 21.0. The van der Waals surface area contributed by atoms with Gasteiger partial charge in [-0.05, 0) is 100 Å². The fourth-order valence-corrected chi connectivity index (χ4v) is 9.04. The predicted molar refractivity (Wildman–Crippen MR) is 128 cm³/mol. The van der Waals surface area contributed by atoms with Gasteiger partial charge in [0, 0.05) is 12.6 Å². The Hall–Kier alpha value is -1.69. The second-order valence-corrected chi connectivity index (χ2v) is 12.7. The molecule has 0 aromatic carbocycles. The predicted octanol–water partition coefficient (Wildman–Crippen LogP) is 2.07. The van der Waals surface area contributed by atoms with E-state index in [9.17, 15) is 14.9 Å². The molecule has 192 valence electrons. The van der Waals surface area contributed by atoms with Crippen molar-refractivity contribution in [1.29, 1.82) is 5.26 Å². The Morgan fingerprint density at radius 3 is 2.49 bits per heavy atom. The summed E-state index contributed by atoms with van der Waals surface area (Å²) in [6.07, 6.45) is 9.92. The van der Waals surface area contributed by atoms with Crippen molar-refractivity contribution in [2.45, 2.75) is 87.9 Å². The zero-order chi connectivity index (χ0) is 24.4. The fourth-order valence-electron chi connectivity index (χ4n) is 9.04. The number of carbonyl (C=O) groups excluding carboxylic acids is 2. The number of methoxy groups -OCH3 is 1. The lowest BCUT2D eigenvalue weighted by atomic mass is 9.46. The third-order valence-electron chi connectivity index (χ3n) is 10.4. The van der Waals surface area contributed by atoms with Gasteiger partial charge in [-0.15, -0.1) is 0 Å². The Labute approximate surface area is 208 Å². The lowest BCUT2D eigenvalue weighted by Crippen LogP contribution is -2.65. The minimum absolute atomic E-state index is 0.0205. The molecule has 0 aromatic rings. The quantitative estimate of drug-likeness (QED) is 0.551. The van der Waals surface area contributed by atoms with Crippen LogP contribution in [0.3, 0.4) is 0 Å². The second-order valence-electron chi connectivity index (χ2n) is 12.7. The molecule has 4 bridgehead atoms. The van der Waals surface area contributed by atoms with Gasteiger partial charge in [-0.25, -0.2) is 0 Å². The number of esters is 1. The first-order chi connectivity index (χ1) is 16.9. The van der Waals surface area contributed by atoms with Crippen LogP contribution in [0.2, 0.25) is 0 Å². The van der Waals surface area contributed by atoms with Gasteiger partial charge in [0.25, 0.3) is 0 Å². The molecule has 0 spiro atoms. The molecule has 5 aliphatic carbocycles. The van der Waals surface area contributed by atoms with E-state index in [1.165, 1.54) is 13.5 Å². The number of amides is 1. The van der Waals surface area contributed by atoms with Crippen LogP contribution in [0.4, 0.5) is 0 Å². The summed E-state index contributed by atoms with van der Waals surface area (Å²) in [4.78, 5) is 29.7. The van der Waals surface area contributed by atoms with Crippen molar-refractivity contribution in [1.82, 2.24) is 9.80 Å². The molecule has 2 aliphatic heterocycles. The van der Waals surface area contributed by atoms with Crippen LogP contribution in [0.15, 0.2) is 0 Å². The summed E-state index contributed by atoms with van der Waals surface area (Å²) in [7, 11) is 1.47. The lowest BCUT2D eigenvalue weighted by Gasteiger charge is -2.63. The smallest absolute Gasteiger partial charge is 0.308 e. The van der Waals surface area contributed by atoms with Gasteiger partial charge < -0.3 is 25.0 Å². The van der Waals surface area contributed by atoms with E-state index in [0.29, 0.717) is 24.4 Å². The molecule has 8 nitrogen and oxygen atoms in total. The van der Waals surface area contributed by atoms with Crippen LogP contribution in [0.25, 0.3) is 0 Å². The van der Waals surface area contributed by atoms with E-state index in [4.69, 9.17) is 15.2 Å². The van der Waals surface area contributed by atoms with Gasteiger partial charge >= 0.3 is 5.97 Å². The Kier molecular flexibility index (Phi) is 5.89. The van der Waals surface area contributed by atoms with Crippen LogP contribution in [0, 0.1) is 40.4 Å². The maximum absolute atomic E-state index is 13.7. The number of likely N-dealkylation sites (tertiary alicyclic amines) is 2. The molecular formula is C27H40N4O4. The highest BCUT2D eigenvalue weighted by molar-refractivity contribution is 5.84. The number of hydrogen-bond acceptors (Lipinski definition) is 7. The van der Waals surface area contributed by atoms with E-state index >= 15 is 0 Å². The van der Waals surface area contributed by atoms with E-state index in [1.54, 1.807) is 0 Å². The summed E-state index contributed by atoms with van der Waals surface area (Å²) >= 11 is 0. The molecule has 1 amide bonds. The van der Waals surface area contributed by atoms with Crippen molar-refractivity contribution in [3.63, 3.8) is 0 Å². The first kappa shape index (κ1) is 23.7. The Bertz CT molecular complexity index is 895. The second kappa shape index (κ2) is 8.71. The van der Waals surface area contributed by atoms with E-state index in [1.807, 2.05) is 4.90 Å². The zero-order valence-corrected chi connectivity index (χ0v) is 21.0. The molecular weight excluding hydrogens is 444 g/mol. The normalized spacial score (nSPS) is 43.0. The first-order valence-corrected chi connectivity index (χ1v) is 13.8. The minimum Gasteiger partial charge on any atom is -0.469 e. The minimum atomic E-state index is -0.524. The van der Waals surface area contributed by atoms with Crippen LogP contribution >= 0.6 is 0 Å². The average molecular weight is 485 g/mol. The van der Waals surface area contributed by atoms with Gasteiger partial charge in [0.15, 0.2) is 0 Å². The molecule has 0 radical (unpaired) electrons. The number of carbonyl (C=O) groups is 2. The van der Waals surface area contributed by atoms with Crippen LogP contribution in [-0.4, -0.2) is 78.8 Å². The molecule has 7 fully saturated rings. The summed E-state index contributed by atoms with van der Waals surface area (Å²) in [5.41, 5.74) is 6.50. The fraction of sp³-hybridized carbons (Fsp3) is 0.889. The number of nitriles is 1. The Morgan fingerprint density at radius 2 is 1.83 bits per heavy atom. The molecule has 2 unspecified atom stereocenters. The summed E-state index contributed by atoms with van der Waals surface area (Å²) in [5, 5.41) is 9.61. The van der Waals surface area contributed by atoms with E-state index in [2.05, 4.69) is 11.0 Å². The summed E-state index contributed by atoms with van der Waals surface area (Å²) in [6, 6.07) is 1.79. The van der Waals surface area contributed by atoms with Crippen molar-refractivity contribution >= 4 is 11.9 Å². The lowest BCUT2D eigenvalue weighted by molar-refractivity contribution is -0.201. The van der Waals surface area contributed by atoms with Gasteiger partial charge in [-0.3, -0.25) is 9.59 Å². The highest BCUT2D eigenvalue weighted by Gasteiger charge is 2.63. The molecule has 2 N–H and O–H groups in total. The number of hydrogen-bond donors (Lipinski definition) is 1. The molecule has 0 aromatic heterocycles. The summed E-state index contributed by atoms with van der Waals surface area (Å²) in [5.74, 6) is 1.65. The van der Waals surface area contributed by atoms with Crippen molar-refractivity contribution in [2.75, 3.05) is 33.4 Å². The molecule has 8 heteroatoms. The topological polar surface area (TPSA) is 109 Å². The highest BCUT2D eigenvalue weighted by Crippen LogP contribution is 2.64. The average Bonchev–Trinajstić information content (AvgIpc) is 3.51. The summed E-state index contributed by atoms with van der Waals surface area (Å²) in [6.45, 7) is 3.38. The van der Waals surface area contributed by atoms with Gasteiger partial charge in [0.05, 0.1) is 37.3 Å². The molecule has 5 saturated carbocycles. The maximum Gasteiger partial charge on any atom is 0.308 e. The van der Waals surface area contributed by atoms with E-state index < -0.39 is 6.04 Å². The monoisotopic (exact) mass is 484 g/mol. The number of piperidine rings is 2. The first-order valence-electron chi connectivity index (χ1n) is 13.8. The van der Waals surface area contributed by atoms with Gasteiger partial charge in [-0.1, -0.05) is 0 Å². The molecule has 7 rings (SSSR count). The Balaban J connectivity index is 1.09. The van der Waals surface area contributed by atoms with E-state index in [-0.39, 0.29) is 40.9 Å². The summed E-state index contributed by atoms with van der Waals surface area (Å²) < 4.78 is 11.6. The van der Waals surface area contributed by atoms with Crippen molar-refractivity contribution in [3.05, 3.63) is 0 Å². The molecule has 7 aliphatic rings. The van der Waals surface area contributed by atoms with Gasteiger partial charge in [0.2, 0.25) is 5.91 Å². The SMILES string of the molecule is COC(=O)C1CCN(CCOC23CC4CC(C2)CC([C@H](N)C(=O)N2[C@H](C#N)C[C@@H]5C[C@@H]52)(C4)C3)CC1. The van der Waals surface area contributed by atoms with Crippen LogP contribution in [0.1, 0.15) is 64.2 Å². The number of ether oxygens (including phenoxy) is 2. The Morgan fingerprint density at radius 1 is 1.11 bits per heavy atom. The third-order valence-corrected chi connectivity index (χ3v) is 10.4. The van der Waals surface area contributed by atoms with Gasteiger partial charge in [0.1, 0.15) is 6.04 Å². The standard InChI is InChI=1S/C27H40N4O4/c1-34-25(33)19-2-4-30(5-3-19)6-7-35-27-13-17-8-18(14-27)12-26(11-17,16-27)23(29)24(32)31-21(15-28)9-20-10-22(20)31/h17-23H,2-14,16,29H2,1H3/t17?,18?,20-,21+,22+,23-,26?,27?/m1/s1. The molecule has 2 heterocycles. The van der Waals surface area contributed by atoms with Crippen molar-refractivity contribution in [2.24, 2.45) is 34.8 Å². The molecule has 2 saturated heterocycles. The van der Waals surface area contributed by atoms with Crippen LogP contribution in [0.5, 0.6) is 0 Å². The van der Waals surface area contributed by atoms with Crippen molar-refractivity contribution < 1.29 is 19.1 Å². The van der Waals surface area contributed by atoms with Gasteiger partial charge in [-0.2, -0.15) is 5.26 Å². The number of fused-ring (bicyclic) bond motifs is 1. The third kappa shape index (κ3) is 4.08. The van der Waals surface area contributed by atoms with Crippen LogP contribution in [-0.2, 0) is 19.1 Å². The number of nitrogens with zero attached hydrogens (tertiary/aromatic N) is 3. The highest BCUT2D eigenvalue weighted by atomic mass is 16.5. The number of rotatable bonds is 7. The van der Waals surface area contributed by atoms with Crippen LogP contribution < -0.4 is 5.73 Å². The van der Waals surface area contributed by atoms with Crippen molar-refractivity contribution in [3.8, 4) is 6.07 Å². The maximum atomic E-state index is 13.7. The largest absolute Gasteiger partial charge is 0.469 e. The number of nitrogens with two attached hydrogens (primary N) is 1.